The molecule has 0 radical (unpaired) electrons. The van der Waals surface area contributed by atoms with Crippen LogP contribution in [0.4, 0.5) is 0 Å². The molecule has 0 heterocycles. The zero-order chi connectivity index (χ0) is 16.9. The van der Waals surface area contributed by atoms with Crippen molar-refractivity contribution in [3.63, 3.8) is 0 Å². The van der Waals surface area contributed by atoms with E-state index in [0.29, 0.717) is 11.8 Å². The smallest absolute Gasteiger partial charge is 0.141 e. The van der Waals surface area contributed by atoms with Crippen molar-refractivity contribution >= 4 is 6.29 Å². The number of nitrogens with two attached hydrogens (primary N) is 1. The zero-order valence-corrected chi connectivity index (χ0v) is 14.8. The Morgan fingerprint density at radius 2 is 1.95 bits per heavy atom. The Morgan fingerprint density at radius 3 is 2.45 bits per heavy atom. The van der Waals surface area contributed by atoms with E-state index in [9.17, 15) is 4.79 Å². The summed E-state index contributed by atoms with van der Waals surface area (Å²) in [5.74, 6) is 0.796. The molecule has 4 atom stereocenters. The Kier molecular flexibility index (Phi) is 6.76. The molecule has 22 heavy (non-hydrogen) atoms. The number of aldehydes is 1. The van der Waals surface area contributed by atoms with Gasteiger partial charge in [0.1, 0.15) is 6.29 Å². The number of carbonyl (C=O) groups excluding carboxylic acids is 1. The van der Waals surface area contributed by atoms with Gasteiger partial charge in [0.05, 0.1) is 18.2 Å². The van der Waals surface area contributed by atoms with Gasteiger partial charge < -0.3 is 15.3 Å². The van der Waals surface area contributed by atoms with Crippen molar-refractivity contribution < 1.29 is 9.53 Å². The Bertz CT molecular complexity index is 496. The van der Waals surface area contributed by atoms with Crippen LogP contribution in [0.2, 0.25) is 0 Å². The van der Waals surface area contributed by atoms with Gasteiger partial charge in [-0.05, 0) is 44.7 Å². The van der Waals surface area contributed by atoms with Crippen LogP contribution in [-0.2, 0) is 9.53 Å². The number of hydrogen-bond donors (Lipinski definition) is 1. The molecule has 1 aromatic rings. The van der Waals surface area contributed by atoms with Crippen molar-refractivity contribution in [3.05, 3.63) is 34.9 Å². The minimum atomic E-state index is -0.920. The number of rotatable bonds is 8. The molecule has 1 aromatic carbocycles. The van der Waals surface area contributed by atoms with Gasteiger partial charge in [-0.1, -0.05) is 44.0 Å². The minimum absolute atomic E-state index is 0.0131. The summed E-state index contributed by atoms with van der Waals surface area (Å²) in [6, 6.07) is 6.58. The van der Waals surface area contributed by atoms with E-state index in [1.807, 2.05) is 0 Å². The highest BCUT2D eigenvalue weighted by molar-refractivity contribution is 5.63. The van der Waals surface area contributed by atoms with Crippen molar-refractivity contribution in [2.45, 2.75) is 65.5 Å². The van der Waals surface area contributed by atoms with Crippen LogP contribution in [-0.4, -0.2) is 24.5 Å². The first-order valence-electron chi connectivity index (χ1n) is 8.15. The van der Waals surface area contributed by atoms with Crippen molar-refractivity contribution in [1.29, 1.82) is 0 Å². The number of aryl methyl sites for hydroxylation is 2. The van der Waals surface area contributed by atoms with E-state index in [-0.39, 0.29) is 12.7 Å². The van der Waals surface area contributed by atoms with E-state index in [4.69, 9.17) is 10.5 Å². The molecule has 3 heteroatoms. The molecule has 3 nitrogen and oxygen atoms in total. The van der Waals surface area contributed by atoms with Gasteiger partial charge in [0.15, 0.2) is 0 Å². The summed E-state index contributed by atoms with van der Waals surface area (Å²) in [5.41, 5.74) is 8.85. The van der Waals surface area contributed by atoms with E-state index >= 15 is 0 Å². The summed E-state index contributed by atoms with van der Waals surface area (Å²) < 4.78 is 5.97. The molecule has 124 valence electrons. The van der Waals surface area contributed by atoms with Crippen LogP contribution in [0, 0.1) is 19.8 Å². The van der Waals surface area contributed by atoms with Crippen LogP contribution in [0.1, 0.15) is 56.7 Å². The lowest BCUT2D eigenvalue weighted by Crippen LogP contribution is -2.44. The summed E-state index contributed by atoms with van der Waals surface area (Å²) in [5, 5.41) is 0. The summed E-state index contributed by atoms with van der Waals surface area (Å²) in [7, 11) is 0. The first-order valence-corrected chi connectivity index (χ1v) is 8.15. The minimum Gasteiger partial charge on any atom is -0.375 e. The van der Waals surface area contributed by atoms with Gasteiger partial charge in [0.2, 0.25) is 0 Å². The molecule has 1 rings (SSSR count). The fourth-order valence-corrected chi connectivity index (χ4v) is 2.92. The highest BCUT2D eigenvalue weighted by Gasteiger charge is 2.28. The van der Waals surface area contributed by atoms with Gasteiger partial charge in [-0.25, -0.2) is 0 Å². The second-order valence-corrected chi connectivity index (χ2v) is 6.91. The number of ether oxygens (including phenoxy) is 1. The van der Waals surface area contributed by atoms with Crippen LogP contribution in [0.3, 0.4) is 0 Å². The van der Waals surface area contributed by atoms with Gasteiger partial charge >= 0.3 is 0 Å². The van der Waals surface area contributed by atoms with Crippen molar-refractivity contribution in [2.75, 3.05) is 6.61 Å². The van der Waals surface area contributed by atoms with E-state index < -0.39 is 5.54 Å². The van der Waals surface area contributed by atoms with E-state index in [0.717, 1.165) is 12.7 Å². The average Bonchev–Trinajstić information content (AvgIpc) is 2.47. The predicted octanol–water partition coefficient (Wildman–Crippen LogP) is 3.75. The molecule has 0 spiro atoms. The second-order valence-electron chi connectivity index (χ2n) is 6.91. The maximum absolute atomic E-state index is 11.0. The molecular weight excluding hydrogens is 274 g/mol. The largest absolute Gasteiger partial charge is 0.375 e. The summed E-state index contributed by atoms with van der Waals surface area (Å²) in [6.45, 7) is 12.7. The van der Waals surface area contributed by atoms with E-state index in [2.05, 4.69) is 52.8 Å². The van der Waals surface area contributed by atoms with Gasteiger partial charge in [-0.3, -0.25) is 0 Å². The summed E-state index contributed by atoms with van der Waals surface area (Å²) in [4.78, 5) is 11.0. The molecule has 0 aliphatic rings. The highest BCUT2D eigenvalue weighted by Crippen LogP contribution is 2.34. The lowest BCUT2D eigenvalue weighted by Gasteiger charge is -2.32. The molecule has 0 bridgehead atoms. The van der Waals surface area contributed by atoms with Crippen LogP contribution >= 0.6 is 0 Å². The van der Waals surface area contributed by atoms with Crippen molar-refractivity contribution in [2.24, 2.45) is 11.7 Å². The predicted molar refractivity (Wildman–Crippen MR) is 92.2 cm³/mol. The molecule has 0 saturated heterocycles. The van der Waals surface area contributed by atoms with Crippen LogP contribution in [0.5, 0.6) is 0 Å². The Morgan fingerprint density at radius 1 is 1.32 bits per heavy atom. The van der Waals surface area contributed by atoms with Gasteiger partial charge in [0.25, 0.3) is 0 Å². The highest BCUT2D eigenvalue weighted by atomic mass is 16.5. The Balaban J connectivity index is 3.00. The van der Waals surface area contributed by atoms with Crippen molar-refractivity contribution in [3.8, 4) is 0 Å². The Labute approximate surface area is 135 Å². The third-order valence-electron chi connectivity index (χ3n) is 4.47. The molecular formula is C19H31NO2. The first-order chi connectivity index (χ1) is 10.2. The topological polar surface area (TPSA) is 52.3 Å². The second kappa shape index (κ2) is 7.89. The fraction of sp³-hybridized carbons (Fsp3) is 0.632. The lowest BCUT2D eigenvalue weighted by molar-refractivity contribution is -0.114. The molecule has 0 aromatic heterocycles. The molecule has 0 fully saturated rings. The first kappa shape index (κ1) is 18.9. The van der Waals surface area contributed by atoms with Crippen LogP contribution in [0.25, 0.3) is 0 Å². The summed E-state index contributed by atoms with van der Waals surface area (Å²) in [6.07, 6.45) is 1.85. The van der Waals surface area contributed by atoms with E-state index in [1.54, 1.807) is 6.92 Å². The molecule has 0 saturated carbocycles. The zero-order valence-electron chi connectivity index (χ0n) is 14.8. The van der Waals surface area contributed by atoms with Crippen molar-refractivity contribution in [1.82, 2.24) is 0 Å². The molecule has 2 N–H and O–H groups in total. The molecule has 0 amide bonds. The van der Waals surface area contributed by atoms with Crippen LogP contribution < -0.4 is 5.73 Å². The van der Waals surface area contributed by atoms with Gasteiger partial charge in [-0.15, -0.1) is 0 Å². The monoisotopic (exact) mass is 305 g/mol. The summed E-state index contributed by atoms with van der Waals surface area (Å²) >= 11 is 0. The quantitative estimate of drug-likeness (QED) is 0.744. The number of hydrogen-bond acceptors (Lipinski definition) is 3. The third kappa shape index (κ3) is 4.92. The molecule has 1 unspecified atom stereocenters. The number of carbonyl (C=O) groups is 1. The normalized spacial score (nSPS) is 18.3. The lowest BCUT2D eigenvalue weighted by atomic mass is 9.80. The molecule has 0 aliphatic carbocycles. The maximum Gasteiger partial charge on any atom is 0.141 e. The SMILES string of the molecule is CCC(C)[C@H](c1ccc(C)cc1C)[C@H](C)OC[C@@](C)(N)C=O. The van der Waals surface area contributed by atoms with Crippen LogP contribution in [0.15, 0.2) is 18.2 Å². The van der Waals surface area contributed by atoms with E-state index in [1.165, 1.54) is 16.7 Å². The fourth-order valence-electron chi connectivity index (χ4n) is 2.92. The molecule has 0 aliphatic heterocycles. The standard InChI is InChI=1S/C19H31NO2/c1-7-14(3)18(16(5)22-12-19(6,20)11-21)17-9-8-13(2)10-15(17)4/h8-11,14,16,18H,7,12,20H2,1-6H3/t14?,16-,18-,19-/m0/s1. The number of benzene rings is 1. The third-order valence-corrected chi connectivity index (χ3v) is 4.47. The van der Waals surface area contributed by atoms with Gasteiger partial charge in [-0.2, -0.15) is 0 Å². The maximum atomic E-state index is 11.0. The van der Waals surface area contributed by atoms with Gasteiger partial charge in [0, 0.05) is 5.92 Å². The average molecular weight is 305 g/mol. The Hall–Kier alpha value is -1.19.